The van der Waals surface area contributed by atoms with E-state index in [4.69, 9.17) is 5.11 Å². The van der Waals surface area contributed by atoms with Crippen LogP contribution in [0.1, 0.15) is 38.3 Å². The second-order valence-corrected chi connectivity index (χ2v) is 4.95. The first-order valence-corrected chi connectivity index (χ1v) is 7.01. The van der Waals surface area contributed by atoms with Crippen molar-refractivity contribution in [2.45, 2.75) is 45.6 Å². The van der Waals surface area contributed by atoms with Crippen LogP contribution in [0.2, 0.25) is 0 Å². The molecule has 0 bridgehead atoms. The van der Waals surface area contributed by atoms with E-state index in [9.17, 15) is 4.79 Å². The fraction of sp³-hybridized carbons (Fsp3) is 0.438. The van der Waals surface area contributed by atoms with Crippen LogP contribution in [0.15, 0.2) is 30.3 Å². The van der Waals surface area contributed by atoms with Crippen LogP contribution in [0.4, 0.5) is 0 Å². The number of hydrogen-bond donors (Lipinski definition) is 1. The summed E-state index contributed by atoms with van der Waals surface area (Å²) in [4.78, 5) is 10.6. The van der Waals surface area contributed by atoms with Crippen LogP contribution in [-0.4, -0.2) is 15.6 Å². The van der Waals surface area contributed by atoms with E-state index < -0.39 is 5.97 Å². The van der Waals surface area contributed by atoms with Gasteiger partial charge in [-0.25, -0.2) is 0 Å². The van der Waals surface area contributed by atoms with Crippen molar-refractivity contribution in [3.8, 4) is 0 Å². The quantitative estimate of drug-likeness (QED) is 0.820. The molecule has 0 aliphatic carbocycles. The highest BCUT2D eigenvalue weighted by Crippen LogP contribution is 2.22. The van der Waals surface area contributed by atoms with Gasteiger partial charge in [0, 0.05) is 24.2 Å². The van der Waals surface area contributed by atoms with Crippen LogP contribution in [-0.2, 0) is 17.8 Å². The van der Waals surface area contributed by atoms with Crippen LogP contribution in [0.25, 0.3) is 10.9 Å². The van der Waals surface area contributed by atoms with Gasteiger partial charge in [-0.3, -0.25) is 4.79 Å². The molecule has 1 aromatic heterocycles. The molecule has 3 nitrogen and oxygen atoms in total. The van der Waals surface area contributed by atoms with Gasteiger partial charge < -0.3 is 9.67 Å². The number of carboxylic acids is 1. The van der Waals surface area contributed by atoms with E-state index >= 15 is 0 Å². The molecule has 1 aromatic carbocycles. The number of para-hydroxylation sites is 1. The summed E-state index contributed by atoms with van der Waals surface area (Å²) in [5.41, 5.74) is 2.55. The maximum absolute atomic E-state index is 10.6. The van der Waals surface area contributed by atoms with E-state index in [1.165, 1.54) is 29.4 Å². The highest BCUT2D eigenvalue weighted by atomic mass is 16.4. The van der Waals surface area contributed by atoms with Crippen LogP contribution < -0.4 is 0 Å². The number of aromatic nitrogens is 1. The molecule has 1 N–H and O–H groups in total. The Morgan fingerprint density at radius 1 is 1.26 bits per heavy atom. The van der Waals surface area contributed by atoms with E-state index in [1.54, 1.807) is 0 Å². The molecule has 0 atom stereocenters. The fourth-order valence-electron chi connectivity index (χ4n) is 2.49. The minimum atomic E-state index is -0.716. The molecule has 1 heterocycles. The third-order valence-corrected chi connectivity index (χ3v) is 3.46. The van der Waals surface area contributed by atoms with Crippen molar-refractivity contribution in [1.82, 2.24) is 4.57 Å². The first-order valence-electron chi connectivity index (χ1n) is 7.01. The number of fused-ring (bicyclic) bond motifs is 1. The van der Waals surface area contributed by atoms with Gasteiger partial charge in [0.15, 0.2) is 0 Å². The fourth-order valence-corrected chi connectivity index (χ4v) is 2.49. The molecule has 3 heteroatoms. The number of carbonyl (C=O) groups is 1. The number of aryl methyl sites for hydroxylation is 2. The topological polar surface area (TPSA) is 42.2 Å². The summed E-state index contributed by atoms with van der Waals surface area (Å²) in [6.07, 6.45) is 4.34. The molecule has 0 saturated carbocycles. The number of aliphatic carboxylic acids is 1. The predicted molar refractivity (Wildman–Crippen MR) is 77.4 cm³/mol. The Hall–Kier alpha value is -1.77. The lowest BCUT2D eigenvalue weighted by Crippen LogP contribution is -2.05. The van der Waals surface area contributed by atoms with Crippen molar-refractivity contribution in [2.24, 2.45) is 0 Å². The normalized spacial score (nSPS) is 11.0. The molecule has 0 amide bonds. The van der Waals surface area contributed by atoms with Crippen molar-refractivity contribution < 1.29 is 9.90 Å². The molecular formula is C16H21NO2. The Kier molecular flexibility index (Phi) is 4.61. The number of nitrogens with zero attached hydrogens (tertiary/aromatic N) is 1. The van der Waals surface area contributed by atoms with Crippen molar-refractivity contribution >= 4 is 16.9 Å². The van der Waals surface area contributed by atoms with Crippen LogP contribution >= 0.6 is 0 Å². The molecule has 0 saturated heterocycles. The third kappa shape index (κ3) is 3.37. The average Bonchev–Trinajstić information content (AvgIpc) is 2.74. The maximum atomic E-state index is 10.6. The third-order valence-electron chi connectivity index (χ3n) is 3.46. The van der Waals surface area contributed by atoms with Gasteiger partial charge in [0.25, 0.3) is 0 Å². The second kappa shape index (κ2) is 6.41. The standard InChI is InChI=1S/C16H21NO2/c1-2-3-8-14-12-13-7-4-5-9-15(13)17(14)11-6-10-16(18)19/h4-5,7,9,12H,2-3,6,8,10-11H2,1H3,(H,18,19). The Morgan fingerprint density at radius 3 is 2.79 bits per heavy atom. The Balaban J connectivity index is 2.23. The number of hydrogen-bond acceptors (Lipinski definition) is 1. The molecule has 0 unspecified atom stereocenters. The summed E-state index contributed by atoms with van der Waals surface area (Å²) < 4.78 is 2.29. The first-order chi connectivity index (χ1) is 9.22. The largest absolute Gasteiger partial charge is 0.481 e. The summed E-state index contributed by atoms with van der Waals surface area (Å²) in [5, 5.41) is 10.0. The van der Waals surface area contributed by atoms with E-state index in [0.717, 1.165) is 13.0 Å². The van der Waals surface area contributed by atoms with E-state index in [2.05, 4.69) is 29.7 Å². The average molecular weight is 259 g/mol. The summed E-state index contributed by atoms with van der Waals surface area (Å²) in [5.74, 6) is -0.716. The predicted octanol–water partition coefficient (Wildman–Crippen LogP) is 3.85. The Morgan fingerprint density at radius 2 is 2.05 bits per heavy atom. The zero-order chi connectivity index (χ0) is 13.7. The first kappa shape index (κ1) is 13.7. The summed E-state index contributed by atoms with van der Waals surface area (Å²) >= 11 is 0. The number of carboxylic acid groups (broad SMARTS) is 1. The smallest absolute Gasteiger partial charge is 0.303 e. The van der Waals surface area contributed by atoms with Crippen molar-refractivity contribution in [2.75, 3.05) is 0 Å². The number of unbranched alkanes of at least 4 members (excludes halogenated alkanes) is 1. The van der Waals surface area contributed by atoms with E-state index in [-0.39, 0.29) is 6.42 Å². The van der Waals surface area contributed by atoms with Gasteiger partial charge in [0.2, 0.25) is 0 Å². The molecular weight excluding hydrogens is 238 g/mol. The van der Waals surface area contributed by atoms with Crippen molar-refractivity contribution in [3.05, 3.63) is 36.0 Å². The maximum Gasteiger partial charge on any atom is 0.303 e. The van der Waals surface area contributed by atoms with Crippen molar-refractivity contribution in [3.63, 3.8) is 0 Å². The molecule has 0 radical (unpaired) electrons. The summed E-state index contributed by atoms with van der Waals surface area (Å²) in [7, 11) is 0. The molecule has 19 heavy (non-hydrogen) atoms. The van der Waals surface area contributed by atoms with Gasteiger partial charge >= 0.3 is 5.97 Å². The lowest BCUT2D eigenvalue weighted by Gasteiger charge is -2.09. The lowest BCUT2D eigenvalue weighted by molar-refractivity contribution is -0.137. The minimum absolute atomic E-state index is 0.236. The zero-order valence-electron chi connectivity index (χ0n) is 11.4. The van der Waals surface area contributed by atoms with Gasteiger partial charge in [0.05, 0.1) is 0 Å². The van der Waals surface area contributed by atoms with Gasteiger partial charge in [-0.1, -0.05) is 31.5 Å². The van der Waals surface area contributed by atoms with E-state index in [0.29, 0.717) is 6.42 Å². The Labute approximate surface area is 113 Å². The lowest BCUT2D eigenvalue weighted by atomic mass is 10.2. The summed E-state index contributed by atoms with van der Waals surface area (Å²) in [6, 6.07) is 10.6. The summed E-state index contributed by atoms with van der Waals surface area (Å²) in [6.45, 7) is 2.98. The molecule has 0 aliphatic heterocycles. The van der Waals surface area contributed by atoms with Gasteiger partial charge in [-0.2, -0.15) is 0 Å². The Bertz CT molecular complexity index is 557. The highest BCUT2D eigenvalue weighted by Gasteiger charge is 2.08. The van der Waals surface area contributed by atoms with Crippen LogP contribution in [0, 0.1) is 0 Å². The van der Waals surface area contributed by atoms with Gasteiger partial charge in [0.1, 0.15) is 0 Å². The minimum Gasteiger partial charge on any atom is -0.481 e. The molecule has 2 aromatic rings. The second-order valence-electron chi connectivity index (χ2n) is 4.95. The molecule has 0 fully saturated rings. The number of rotatable bonds is 7. The molecule has 0 spiro atoms. The van der Waals surface area contributed by atoms with Crippen LogP contribution in [0.3, 0.4) is 0 Å². The molecule has 102 valence electrons. The van der Waals surface area contributed by atoms with Crippen molar-refractivity contribution in [1.29, 1.82) is 0 Å². The van der Waals surface area contributed by atoms with Gasteiger partial charge in [-0.05, 0) is 36.8 Å². The monoisotopic (exact) mass is 259 g/mol. The molecule has 2 rings (SSSR count). The highest BCUT2D eigenvalue weighted by molar-refractivity contribution is 5.81. The van der Waals surface area contributed by atoms with Crippen LogP contribution in [0.5, 0.6) is 0 Å². The molecule has 0 aliphatic rings. The van der Waals surface area contributed by atoms with E-state index in [1.807, 2.05) is 12.1 Å². The zero-order valence-corrected chi connectivity index (χ0v) is 11.4. The van der Waals surface area contributed by atoms with Gasteiger partial charge in [-0.15, -0.1) is 0 Å². The number of benzene rings is 1. The SMILES string of the molecule is CCCCc1cc2ccccc2n1CCCC(=O)O.